The molecule has 0 saturated heterocycles. The monoisotopic (exact) mass is 298 g/mol. The summed E-state index contributed by atoms with van der Waals surface area (Å²) in [5.74, 6) is 0.618. The van der Waals surface area contributed by atoms with Crippen LogP contribution in [0.5, 0.6) is 11.5 Å². The van der Waals surface area contributed by atoms with Crippen molar-refractivity contribution >= 4 is 40.5 Å². The third kappa shape index (κ3) is 2.85. The SMILES string of the molecule is COc1cc(Cl)cc(/C=C2\SC(N)=NC2=O)c1OC. The zero-order valence-electron chi connectivity index (χ0n) is 10.3. The number of hydrogen-bond donors (Lipinski definition) is 1. The van der Waals surface area contributed by atoms with Crippen molar-refractivity contribution < 1.29 is 14.3 Å². The normalized spacial score (nSPS) is 16.7. The van der Waals surface area contributed by atoms with Gasteiger partial charge in [0, 0.05) is 16.7 Å². The Hall–Kier alpha value is -1.66. The van der Waals surface area contributed by atoms with Crippen LogP contribution >= 0.6 is 23.4 Å². The lowest BCUT2D eigenvalue weighted by atomic mass is 10.1. The Kier molecular flexibility index (Phi) is 4.01. The van der Waals surface area contributed by atoms with Crippen LogP contribution in [0.15, 0.2) is 22.0 Å². The molecule has 7 heteroatoms. The Morgan fingerprint density at radius 3 is 2.63 bits per heavy atom. The highest BCUT2D eigenvalue weighted by Crippen LogP contribution is 2.37. The van der Waals surface area contributed by atoms with Gasteiger partial charge in [0.05, 0.1) is 19.1 Å². The quantitative estimate of drug-likeness (QED) is 0.867. The Balaban J connectivity index is 2.48. The molecule has 5 nitrogen and oxygen atoms in total. The number of nitrogens with two attached hydrogens (primary N) is 1. The summed E-state index contributed by atoms with van der Waals surface area (Å²) < 4.78 is 10.5. The fourth-order valence-electron chi connectivity index (χ4n) is 1.63. The number of amidine groups is 1. The van der Waals surface area contributed by atoms with Crippen LogP contribution in [0, 0.1) is 0 Å². The van der Waals surface area contributed by atoms with Crippen molar-refractivity contribution in [3.8, 4) is 11.5 Å². The minimum atomic E-state index is -0.372. The number of carbonyl (C=O) groups is 1. The van der Waals surface area contributed by atoms with Crippen molar-refractivity contribution in [2.24, 2.45) is 10.7 Å². The number of methoxy groups -OCH3 is 2. The highest BCUT2D eigenvalue weighted by atomic mass is 35.5. The summed E-state index contributed by atoms with van der Waals surface area (Å²) in [6.45, 7) is 0. The van der Waals surface area contributed by atoms with Crippen molar-refractivity contribution in [3.05, 3.63) is 27.6 Å². The van der Waals surface area contributed by atoms with Crippen molar-refractivity contribution in [1.82, 2.24) is 0 Å². The van der Waals surface area contributed by atoms with Crippen LogP contribution < -0.4 is 15.2 Å². The zero-order valence-corrected chi connectivity index (χ0v) is 11.8. The molecule has 1 heterocycles. The first kappa shape index (κ1) is 13.8. The highest BCUT2D eigenvalue weighted by Gasteiger charge is 2.21. The smallest absolute Gasteiger partial charge is 0.286 e. The molecule has 0 bridgehead atoms. The molecule has 0 spiro atoms. The number of nitrogens with zero attached hydrogens (tertiary/aromatic N) is 1. The van der Waals surface area contributed by atoms with E-state index in [9.17, 15) is 4.79 Å². The summed E-state index contributed by atoms with van der Waals surface area (Å²) in [5.41, 5.74) is 6.13. The largest absolute Gasteiger partial charge is 0.493 e. The summed E-state index contributed by atoms with van der Waals surface area (Å²) in [7, 11) is 3.03. The van der Waals surface area contributed by atoms with E-state index in [2.05, 4.69) is 4.99 Å². The van der Waals surface area contributed by atoms with Gasteiger partial charge in [-0.2, -0.15) is 4.99 Å². The van der Waals surface area contributed by atoms with Gasteiger partial charge in [0.15, 0.2) is 16.7 Å². The number of benzene rings is 1. The van der Waals surface area contributed by atoms with Crippen molar-refractivity contribution in [2.75, 3.05) is 14.2 Å². The lowest BCUT2D eigenvalue weighted by Crippen LogP contribution is -2.01. The van der Waals surface area contributed by atoms with Gasteiger partial charge in [-0.1, -0.05) is 11.6 Å². The van der Waals surface area contributed by atoms with Crippen molar-refractivity contribution in [2.45, 2.75) is 0 Å². The molecule has 0 unspecified atom stereocenters. The summed E-state index contributed by atoms with van der Waals surface area (Å²) >= 11 is 7.11. The molecule has 0 aliphatic carbocycles. The van der Waals surface area contributed by atoms with Crippen LogP contribution in [0.1, 0.15) is 5.56 Å². The van der Waals surface area contributed by atoms with Crippen LogP contribution in [-0.4, -0.2) is 25.3 Å². The number of carbonyl (C=O) groups excluding carboxylic acids is 1. The third-order valence-electron chi connectivity index (χ3n) is 2.40. The molecule has 0 fully saturated rings. The van der Waals surface area contributed by atoms with E-state index in [1.54, 1.807) is 18.2 Å². The van der Waals surface area contributed by atoms with E-state index in [1.807, 2.05) is 0 Å². The molecule has 2 rings (SSSR count). The third-order valence-corrected chi connectivity index (χ3v) is 3.43. The molecule has 2 N–H and O–H groups in total. The van der Waals surface area contributed by atoms with E-state index in [1.165, 1.54) is 14.2 Å². The van der Waals surface area contributed by atoms with Gasteiger partial charge < -0.3 is 15.2 Å². The average Bonchev–Trinajstić information content (AvgIpc) is 2.67. The number of ether oxygens (including phenoxy) is 2. The maximum absolute atomic E-state index is 11.6. The first-order valence-corrected chi connectivity index (χ1v) is 6.44. The lowest BCUT2D eigenvalue weighted by molar-refractivity contribution is -0.113. The van der Waals surface area contributed by atoms with Crippen LogP contribution in [0.2, 0.25) is 5.02 Å². The van der Waals surface area contributed by atoms with Crippen molar-refractivity contribution in [3.63, 3.8) is 0 Å². The lowest BCUT2D eigenvalue weighted by Gasteiger charge is -2.11. The predicted molar refractivity (Wildman–Crippen MR) is 76.8 cm³/mol. The zero-order chi connectivity index (χ0) is 14.0. The molecule has 1 aliphatic heterocycles. The van der Waals surface area contributed by atoms with Crippen LogP contribution in [0.3, 0.4) is 0 Å². The van der Waals surface area contributed by atoms with E-state index in [0.717, 1.165) is 11.8 Å². The molecular weight excluding hydrogens is 288 g/mol. The van der Waals surface area contributed by atoms with Gasteiger partial charge in [0.2, 0.25) is 0 Å². The number of halogens is 1. The minimum absolute atomic E-state index is 0.226. The van der Waals surface area contributed by atoms with Gasteiger partial charge in [0.1, 0.15) is 0 Å². The first-order valence-electron chi connectivity index (χ1n) is 5.24. The number of thioether (sulfide) groups is 1. The molecular formula is C12H11ClN2O3S. The maximum Gasteiger partial charge on any atom is 0.286 e. The molecule has 1 aliphatic rings. The Labute approximate surface area is 119 Å². The van der Waals surface area contributed by atoms with Gasteiger partial charge in [-0.25, -0.2) is 0 Å². The molecule has 0 atom stereocenters. The van der Waals surface area contributed by atoms with Crippen LogP contribution in [-0.2, 0) is 4.79 Å². The summed E-state index contributed by atoms with van der Waals surface area (Å²) in [6.07, 6.45) is 1.63. The maximum atomic E-state index is 11.6. The van der Waals surface area contributed by atoms with Gasteiger partial charge in [0.25, 0.3) is 5.91 Å². The fourth-order valence-corrected chi connectivity index (χ4v) is 2.52. The Morgan fingerprint density at radius 1 is 1.37 bits per heavy atom. The van der Waals surface area contributed by atoms with E-state index in [4.69, 9.17) is 26.8 Å². The highest BCUT2D eigenvalue weighted by molar-refractivity contribution is 8.18. The van der Waals surface area contributed by atoms with Gasteiger partial charge >= 0.3 is 0 Å². The topological polar surface area (TPSA) is 73.9 Å². The van der Waals surface area contributed by atoms with Crippen molar-refractivity contribution in [1.29, 1.82) is 0 Å². The van der Waals surface area contributed by atoms with Crippen LogP contribution in [0.4, 0.5) is 0 Å². The van der Waals surface area contributed by atoms with Crippen LogP contribution in [0.25, 0.3) is 6.08 Å². The number of rotatable bonds is 3. The molecule has 1 aromatic carbocycles. The molecule has 1 amide bonds. The van der Waals surface area contributed by atoms with E-state index >= 15 is 0 Å². The summed E-state index contributed by atoms with van der Waals surface area (Å²) in [6, 6.07) is 3.31. The molecule has 1 aromatic rings. The fraction of sp³-hybridized carbons (Fsp3) is 0.167. The standard InChI is InChI=1S/C12H11ClN2O3S/c1-17-8-5-7(13)3-6(10(8)18-2)4-9-11(16)15-12(14)19-9/h3-5H,1-2H3,(H2,14,15,16)/b9-4-. The number of aliphatic imine (C=N–C) groups is 1. The first-order chi connectivity index (χ1) is 9.05. The molecule has 100 valence electrons. The summed E-state index contributed by atoms with van der Waals surface area (Å²) in [5, 5.41) is 0.707. The number of amides is 1. The van der Waals surface area contributed by atoms with E-state index < -0.39 is 0 Å². The second-order valence-electron chi connectivity index (χ2n) is 3.60. The van der Waals surface area contributed by atoms with Gasteiger partial charge in [-0.15, -0.1) is 0 Å². The predicted octanol–water partition coefficient (Wildman–Crippen LogP) is 2.29. The van der Waals surface area contributed by atoms with E-state index in [-0.39, 0.29) is 11.1 Å². The Morgan fingerprint density at radius 2 is 2.11 bits per heavy atom. The average molecular weight is 299 g/mol. The minimum Gasteiger partial charge on any atom is -0.493 e. The molecule has 0 radical (unpaired) electrons. The number of hydrogen-bond acceptors (Lipinski definition) is 5. The second kappa shape index (κ2) is 5.54. The van der Waals surface area contributed by atoms with Gasteiger partial charge in [-0.05, 0) is 23.9 Å². The summed E-state index contributed by atoms with van der Waals surface area (Å²) in [4.78, 5) is 15.6. The molecule has 19 heavy (non-hydrogen) atoms. The van der Waals surface area contributed by atoms with E-state index in [0.29, 0.717) is 27.0 Å². The van der Waals surface area contributed by atoms with Gasteiger partial charge in [-0.3, -0.25) is 4.79 Å². The molecule has 0 saturated carbocycles. The second-order valence-corrected chi connectivity index (χ2v) is 5.10. The Bertz CT molecular complexity index is 599. The molecule has 0 aromatic heterocycles.